The molecule has 0 spiro atoms. The number of aliphatic carboxylic acids is 2. The van der Waals surface area contributed by atoms with Gasteiger partial charge in [0.1, 0.15) is 17.1 Å². The standard InChI is InChI=1S/C13H13FN2O4/c1-7-8(11(17)18)2-3-9(14)13(7,12(19)20)6-10-15-4-5-16-10/h2-5,7H,6H2,1H3,(H,15,16)(H,17,18)(H,19,20). The number of aromatic amines is 1. The van der Waals surface area contributed by atoms with Crippen LogP contribution in [0.2, 0.25) is 0 Å². The van der Waals surface area contributed by atoms with Crippen molar-refractivity contribution >= 4 is 11.9 Å². The zero-order valence-electron chi connectivity index (χ0n) is 10.6. The molecule has 2 atom stereocenters. The van der Waals surface area contributed by atoms with Crippen LogP contribution in [0.3, 0.4) is 0 Å². The molecule has 0 aromatic carbocycles. The van der Waals surface area contributed by atoms with E-state index in [1.54, 1.807) is 0 Å². The first-order chi connectivity index (χ1) is 9.39. The van der Waals surface area contributed by atoms with Crippen LogP contribution in [0.25, 0.3) is 0 Å². The second-order valence-electron chi connectivity index (χ2n) is 4.65. The van der Waals surface area contributed by atoms with Gasteiger partial charge in [0.25, 0.3) is 0 Å². The summed E-state index contributed by atoms with van der Waals surface area (Å²) in [5.41, 5.74) is -2.10. The predicted molar refractivity (Wildman–Crippen MR) is 66.4 cm³/mol. The number of carboxylic acid groups (broad SMARTS) is 2. The van der Waals surface area contributed by atoms with E-state index in [1.807, 2.05) is 0 Å². The number of imidazole rings is 1. The first kappa shape index (κ1) is 14.0. The van der Waals surface area contributed by atoms with Crippen LogP contribution >= 0.6 is 0 Å². The van der Waals surface area contributed by atoms with Crippen LogP contribution in [-0.4, -0.2) is 32.1 Å². The maximum absolute atomic E-state index is 14.2. The van der Waals surface area contributed by atoms with E-state index in [1.165, 1.54) is 19.3 Å². The number of nitrogens with one attached hydrogen (secondary N) is 1. The summed E-state index contributed by atoms with van der Waals surface area (Å²) >= 11 is 0. The summed E-state index contributed by atoms with van der Waals surface area (Å²) in [6, 6.07) is 0. The Labute approximate surface area is 113 Å². The van der Waals surface area contributed by atoms with Gasteiger partial charge in [-0.3, -0.25) is 4.79 Å². The van der Waals surface area contributed by atoms with Crippen molar-refractivity contribution in [1.82, 2.24) is 9.97 Å². The molecule has 20 heavy (non-hydrogen) atoms. The summed E-state index contributed by atoms with van der Waals surface area (Å²) in [6.45, 7) is 1.39. The highest BCUT2D eigenvalue weighted by Crippen LogP contribution is 2.46. The van der Waals surface area contributed by atoms with Crippen molar-refractivity contribution in [2.45, 2.75) is 13.3 Å². The molecule has 0 amide bonds. The molecule has 2 rings (SSSR count). The van der Waals surface area contributed by atoms with E-state index in [9.17, 15) is 19.1 Å². The molecule has 0 fully saturated rings. The number of rotatable bonds is 4. The van der Waals surface area contributed by atoms with E-state index in [0.717, 1.165) is 12.2 Å². The predicted octanol–water partition coefficient (Wildman–Crippen LogP) is 1.54. The molecule has 106 valence electrons. The second kappa shape index (κ2) is 4.92. The Kier molecular flexibility index (Phi) is 3.44. The minimum absolute atomic E-state index is 0.139. The molecule has 0 aliphatic heterocycles. The topological polar surface area (TPSA) is 103 Å². The molecule has 3 N–H and O–H groups in total. The number of hydrogen-bond donors (Lipinski definition) is 3. The van der Waals surface area contributed by atoms with E-state index in [2.05, 4.69) is 9.97 Å². The van der Waals surface area contributed by atoms with Crippen molar-refractivity contribution < 1.29 is 24.2 Å². The van der Waals surface area contributed by atoms with E-state index >= 15 is 0 Å². The molecule has 0 saturated heterocycles. The van der Waals surface area contributed by atoms with Gasteiger partial charge in [-0.05, 0) is 12.2 Å². The largest absolute Gasteiger partial charge is 0.480 e. The number of hydrogen-bond acceptors (Lipinski definition) is 3. The fourth-order valence-corrected chi connectivity index (χ4v) is 2.44. The normalized spacial score (nSPS) is 25.8. The summed E-state index contributed by atoms with van der Waals surface area (Å²) in [6.07, 6.45) is 4.68. The number of carbonyl (C=O) groups is 2. The highest BCUT2D eigenvalue weighted by atomic mass is 19.1. The van der Waals surface area contributed by atoms with Crippen LogP contribution in [0.15, 0.2) is 35.9 Å². The molecule has 2 unspecified atom stereocenters. The zero-order valence-corrected chi connectivity index (χ0v) is 10.6. The lowest BCUT2D eigenvalue weighted by atomic mass is 9.67. The summed E-state index contributed by atoms with van der Waals surface area (Å²) in [5.74, 6) is -4.28. The van der Waals surface area contributed by atoms with Gasteiger partial charge in [-0.25, -0.2) is 14.2 Å². The molecular formula is C13H13FN2O4. The first-order valence-electron chi connectivity index (χ1n) is 5.92. The van der Waals surface area contributed by atoms with Gasteiger partial charge < -0.3 is 15.2 Å². The molecule has 6 nitrogen and oxygen atoms in total. The molecule has 0 bridgehead atoms. The molecule has 1 aromatic rings. The number of aromatic nitrogens is 2. The minimum atomic E-state index is -1.96. The summed E-state index contributed by atoms with van der Waals surface area (Å²) in [5, 5.41) is 18.6. The lowest BCUT2D eigenvalue weighted by molar-refractivity contribution is -0.150. The van der Waals surface area contributed by atoms with Crippen molar-refractivity contribution in [2.24, 2.45) is 11.3 Å². The van der Waals surface area contributed by atoms with Crippen LogP contribution in [0, 0.1) is 11.3 Å². The quantitative estimate of drug-likeness (QED) is 0.776. The van der Waals surface area contributed by atoms with Gasteiger partial charge in [0.2, 0.25) is 0 Å². The Balaban J connectivity index is 2.52. The number of halogens is 1. The monoisotopic (exact) mass is 280 g/mol. The van der Waals surface area contributed by atoms with Crippen LogP contribution < -0.4 is 0 Å². The zero-order chi connectivity index (χ0) is 14.9. The van der Waals surface area contributed by atoms with Crippen LogP contribution in [-0.2, 0) is 16.0 Å². The molecular weight excluding hydrogens is 267 g/mol. The Hall–Kier alpha value is -2.44. The van der Waals surface area contributed by atoms with Gasteiger partial charge >= 0.3 is 11.9 Å². The van der Waals surface area contributed by atoms with Crippen molar-refractivity contribution in [3.05, 3.63) is 41.8 Å². The Morgan fingerprint density at radius 1 is 1.45 bits per heavy atom. The Morgan fingerprint density at radius 3 is 2.65 bits per heavy atom. The van der Waals surface area contributed by atoms with Crippen LogP contribution in [0.1, 0.15) is 12.7 Å². The van der Waals surface area contributed by atoms with E-state index in [0.29, 0.717) is 0 Å². The molecule has 0 saturated carbocycles. The molecule has 1 aromatic heterocycles. The van der Waals surface area contributed by atoms with Crippen molar-refractivity contribution in [1.29, 1.82) is 0 Å². The third-order valence-corrected chi connectivity index (χ3v) is 3.67. The number of H-pyrrole nitrogens is 1. The number of allylic oxidation sites excluding steroid dienone is 2. The van der Waals surface area contributed by atoms with Gasteiger partial charge in [-0.2, -0.15) is 0 Å². The summed E-state index contributed by atoms with van der Waals surface area (Å²) < 4.78 is 14.2. The lowest BCUT2D eigenvalue weighted by Crippen LogP contribution is -2.44. The third-order valence-electron chi connectivity index (χ3n) is 3.67. The SMILES string of the molecule is CC1C(C(=O)O)=CC=C(F)C1(Cc1ncc[nH]1)C(=O)O. The van der Waals surface area contributed by atoms with E-state index in [4.69, 9.17) is 5.11 Å². The van der Waals surface area contributed by atoms with Crippen molar-refractivity contribution in [3.8, 4) is 0 Å². The van der Waals surface area contributed by atoms with Gasteiger partial charge in [0.05, 0.1) is 0 Å². The first-order valence-corrected chi connectivity index (χ1v) is 5.92. The number of carboxylic acids is 2. The highest BCUT2D eigenvalue weighted by molar-refractivity contribution is 5.91. The highest BCUT2D eigenvalue weighted by Gasteiger charge is 2.52. The van der Waals surface area contributed by atoms with Crippen molar-refractivity contribution in [2.75, 3.05) is 0 Å². The van der Waals surface area contributed by atoms with Gasteiger partial charge in [0.15, 0.2) is 0 Å². The van der Waals surface area contributed by atoms with Crippen LogP contribution in [0.4, 0.5) is 4.39 Å². The average Bonchev–Trinajstić information content (AvgIpc) is 2.86. The van der Waals surface area contributed by atoms with Crippen molar-refractivity contribution in [3.63, 3.8) is 0 Å². The maximum atomic E-state index is 14.2. The third kappa shape index (κ3) is 2.01. The van der Waals surface area contributed by atoms with Crippen LogP contribution in [0.5, 0.6) is 0 Å². The Bertz CT molecular complexity index is 606. The fraction of sp³-hybridized carbons (Fsp3) is 0.308. The fourth-order valence-electron chi connectivity index (χ4n) is 2.44. The van der Waals surface area contributed by atoms with Gasteiger partial charge in [0, 0.05) is 30.3 Å². The Morgan fingerprint density at radius 2 is 2.15 bits per heavy atom. The smallest absolute Gasteiger partial charge is 0.331 e. The van der Waals surface area contributed by atoms with E-state index < -0.39 is 29.1 Å². The van der Waals surface area contributed by atoms with E-state index in [-0.39, 0.29) is 17.8 Å². The summed E-state index contributed by atoms with van der Waals surface area (Å²) in [4.78, 5) is 29.4. The molecule has 7 heteroatoms. The second-order valence-corrected chi connectivity index (χ2v) is 4.65. The molecule has 0 radical (unpaired) electrons. The average molecular weight is 280 g/mol. The molecule has 1 aliphatic rings. The minimum Gasteiger partial charge on any atom is -0.480 e. The summed E-state index contributed by atoms with van der Waals surface area (Å²) in [7, 11) is 0. The van der Waals surface area contributed by atoms with Gasteiger partial charge in [-0.1, -0.05) is 6.92 Å². The maximum Gasteiger partial charge on any atom is 0.331 e. The van der Waals surface area contributed by atoms with Gasteiger partial charge in [-0.15, -0.1) is 0 Å². The number of nitrogens with zero attached hydrogens (tertiary/aromatic N) is 1. The lowest BCUT2D eigenvalue weighted by Gasteiger charge is -2.35. The molecule has 1 heterocycles. The molecule has 1 aliphatic carbocycles.